The third-order valence-corrected chi connectivity index (χ3v) is 8.60. The normalized spacial score (nSPS) is 18.1. The summed E-state index contributed by atoms with van der Waals surface area (Å²) in [6.07, 6.45) is 1.19. The number of hydrogen-bond donors (Lipinski definition) is 2. The number of amides is 3. The van der Waals surface area contributed by atoms with Gasteiger partial charge in [0.25, 0.3) is 17.4 Å². The Morgan fingerprint density at radius 1 is 1.15 bits per heavy atom. The van der Waals surface area contributed by atoms with E-state index in [9.17, 15) is 23.2 Å². The molecule has 1 atom stereocenters. The van der Waals surface area contributed by atoms with Crippen molar-refractivity contribution in [2.24, 2.45) is 5.92 Å². The molecule has 0 radical (unpaired) electrons. The van der Waals surface area contributed by atoms with Gasteiger partial charge >= 0.3 is 6.03 Å². The molecule has 3 amide bonds. The van der Waals surface area contributed by atoms with Gasteiger partial charge in [-0.05, 0) is 51.7 Å². The summed E-state index contributed by atoms with van der Waals surface area (Å²) in [6, 6.07) is 9.21. The van der Waals surface area contributed by atoms with E-state index in [-0.39, 0.29) is 49.0 Å². The van der Waals surface area contributed by atoms with Crippen LogP contribution in [0.15, 0.2) is 35.1 Å². The van der Waals surface area contributed by atoms with Gasteiger partial charge in [-0.3, -0.25) is 9.59 Å². The van der Waals surface area contributed by atoms with Gasteiger partial charge in [-0.1, -0.05) is 18.2 Å². The zero-order valence-electron chi connectivity index (χ0n) is 23.9. The average molecular weight is 570 g/mol. The molecule has 2 aliphatic heterocycles. The van der Waals surface area contributed by atoms with Crippen LogP contribution in [0.5, 0.6) is 5.75 Å². The highest BCUT2D eigenvalue weighted by Crippen LogP contribution is 2.36. The highest BCUT2D eigenvalue weighted by atomic mass is 19.3. The molecule has 0 bridgehead atoms. The first-order chi connectivity index (χ1) is 19.5. The van der Waals surface area contributed by atoms with Gasteiger partial charge in [0.1, 0.15) is 5.75 Å². The largest absolute Gasteiger partial charge is 0.496 e. The van der Waals surface area contributed by atoms with Crippen molar-refractivity contribution in [1.29, 1.82) is 0 Å². The Balaban J connectivity index is 1.33. The number of carbonyl (C=O) groups is 2. The molecule has 220 valence electrons. The molecule has 5 rings (SSSR count). The number of nitrogens with zero attached hydrogens (tertiary/aromatic N) is 3. The van der Waals surface area contributed by atoms with E-state index in [2.05, 4.69) is 21.8 Å². The smallest absolute Gasteiger partial charge is 0.320 e. The van der Waals surface area contributed by atoms with Gasteiger partial charge in [-0.25, -0.2) is 13.6 Å². The molecule has 2 saturated heterocycles. The third-order valence-electron chi connectivity index (χ3n) is 8.60. The summed E-state index contributed by atoms with van der Waals surface area (Å²) < 4.78 is 34.8. The summed E-state index contributed by atoms with van der Waals surface area (Å²) >= 11 is 0. The molecule has 2 aromatic heterocycles. The van der Waals surface area contributed by atoms with E-state index in [4.69, 9.17) is 4.74 Å². The van der Waals surface area contributed by atoms with E-state index < -0.39 is 12.5 Å². The Morgan fingerprint density at radius 3 is 2.51 bits per heavy atom. The number of hydrogen-bond acceptors (Lipinski definition) is 4. The monoisotopic (exact) mass is 569 g/mol. The molecule has 41 heavy (non-hydrogen) atoms. The number of H-pyrrole nitrogens is 1. The number of piperidine rings is 1. The number of likely N-dealkylation sites (tertiary alicyclic amines) is 2. The minimum absolute atomic E-state index is 0.0154. The first-order valence-corrected chi connectivity index (χ1v) is 14.1. The third kappa shape index (κ3) is 5.54. The lowest BCUT2D eigenvalue weighted by molar-refractivity contribution is 0.0132. The summed E-state index contributed by atoms with van der Waals surface area (Å²) in [5.74, 6) is -2.43. The molecule has 2 fully saturated rings. The number of urea groups is 1. The molecule has 1 unspecified atom stereocenters. The maximum absolute atomic E-state index is 13.6. The van der Waals surface area contributed by atoms with Crippen molar-refractivity contribution in [3.8, 4) is 5.75 Å². The molecule has 11 heteroatoms. The SMILES string of the molecule is COc1cc(C)[nH]c(=O)c1CNC(=O)c1c(C)n(C(C)C2CCN(C(=O)N3CCC(F)(F)C3)CC2)c2ccccc12. The standard InChI is InChI=1S/C30H37F2N5O4/c1-18-15-25(41-4)23(27(38)34-18)16-33-28(39)26-20(3)37(24-8-6-5-7-22(24)26)19(2)21-9-12-35(13-10-21)29(40)36-14-11-30(31,32)17-36/h5-8,15,19,21H,9-14,16-17H2,1-4H3,(H,33,39)(H,34,38). The molecule has 1 aromatic carbocycles. The Bertz CT molecular complexity index is 1520. The van der Waals surface area contributed by atoms with Gasteiger partial charge in [0.05, 0.1) is 31.3 Å². The van der Waals surface area contributed by atoms with Crippen LogP contribution in [0, 0.1) is 19.8 Å². The number of methoxy groups -OCH3 is 1. The van der Waals surface area contributed by atoms with E-state index in [0.29, 0.717) is 35.7 Å². The Morgan fingerprint density at radius 2 is 1.85 bits per heavy atom. The quantitative estimate of drug-likeness (QED) is 0.453. The first-order valence-electron chi connectivity index (χ1n) is 14.1. The number of aromatic nitrogens is 2. The number of para-hydroxylation sites is 1. The van der Waals surface area contributed by atoms with E-state index in [1.165, 1.54) is 12.0 Å². The zero-order valence-corrected chi connectivity index (χ0v) is 23.9. The number of alkyl halides is 2. The van der Waals surface area contributed by atoms with Gasteiger partial charge < -0.3 is 29.4 Å². The summed E-state index contributed by atoms with van der Waals surface area (Å²) in [7, 11) is 1.49. The fourth-order valence-corrected chi connectivity index (χ4v) is 6.38. The zero-order chi connectivity index (χ0) is 29.5. The number of fused-ring (bicyclic) bond motifs is 1. The maximum Gasteiger partial charge on any atom is 0.320 e. The van der Waals surface area contributed by atoms with E-state index in [1.807, 2.05) is 31.2 Å². The number of aromatic amines is 1. The van der Waals surface area contributed by atoms with Crippen LogP contribution in [0.25, 0.3) is 10.9 Å². The van der Waals surface area contributed by atoms with Crippen molar-refractivity contribution in [2.45, 2.75) is 58.5 Å². The van der Waals surface area contributed by atoms with Crippen LogP contribution in [0.3, 0.4) is 0 Å². The molecule has 3 aromatic rings. The molecule has 2 aliphatic rings. The topological polar surface area (TPSA) is 99.7 Å². The van der Waals surface area contributed by atoms with Gasteiger partial charge in [-0.15, -0.1) is 0 Å². The summed E-state index contributed by atoms with van der Waals surface area (Å²) in [6.45, 7) is 6.43. The Kier molecular flexibility index (Phi) is 7.80. The first kappa shape index (κ1) is 28.6. The molecule has 4 heterocycles. The van der Waals surface area contributed by atoms with Crippen molar-refractivity contribution in [3.05, 3.63) is 63.2 Å². The lowest BCUT2D eigenvalue weighted by Gasteiger charge is -2.37. The summed E-state index contributed by atoms with van der Waals surface area (Å²) in [5, 5.41) is 3.73. The second-order valence-corrected chi connectivity index (χ2v) is 11.2. The van der Waals surface area contributed by atoms with Crippen LogP contribution >= 0.6 is 0 Å². The van der Waals surface area contributed by atoms with Crippen molar-refractivity contribution in [1.82, 2.24) is 24.7 Å². The van der Waals surface area contributed by atoms with E-state index in [1.54, 1.807) is 17.9 Å². The minimum atomic E-state index is -2.80. The van der Waals surface area contributed by atoms with Gasteiger partial charge in [0.15, 0.2) is 0 Å². The van der Waals surface area contributed by atoms with Crippen LogP contribution in [0.1, 0.15) is 59.5 Å². The number of ether oxygens (including phenoxy) is 1. The highest BCUT2D eigenvalue weighted by molar-refractivity contribution is 6.08. The Labute approximate surface area is 237 Å². The van der Waals surface area contributed by atoms with Crippen LogP contribution in [0.2, 0.25) is 0 Å². The van der Waals surface area contributed by atoms with Crippen LogP contribution < -0.4 is 15.6 Å². The van der Waals surface area contributed by atoms with Crippen molar-refractivity contribution in [2.75, 3.05) is 33.3 Å². The van der Waals surface area contributed by atoms with Gasteiger partial charge in [0.2, 0.25) is 0 Å². The van der Waals surface area contributed by atoms with Crippen molar-refractivity contribution < 1.29 is 23.1 Å². The van der Waals surface area contributed by atoms with Crippen LogP contribution in [-0.2, 0) is 6.54 Å². The second kappa shape index (κ2) is 11.2. The minimum Gasteiger partial charge on any atom is -0.496 e. The number of carbonyl (C=O) groups excluding carboxylic acids is 2. The molecule has 0 spiro atoms. The fourth-order valence-electron chi connectivity index (χ4n) is 6.38. The van der Waals surface area contributed by atoms with Crippen molar-refractivity contribution in [3.63, 3.8) is 0 Å². The number of halogens is 2. The average Bonchev–Trinajstić information content (AvgIpc) is 3.46. The van der Waals surface area contributed by atoms with Gasteiger partial charge in [0, 0.05) is 54.4 Å². The number of pyridine rings is 1. The number of nitrogens with one attached hydrogen (secondary N) is 2. The number of rotatable bonds is 6. The molecular weight excluding hydrogens is 532 g/mol. The molecule has 0 saturated carbocycles. The molecule has 0 aliphatic carbocycles. The van der Waals surface area contributed by atoms with Gasteiger partial charge in [-0.2, -0.15) is 0 Å². The predicted molar refractivity (Wildman–Crippen MR) is 152 cm³/mol. The fraction of sp³-hybridized carbons (Fsp3) is 0.500. The lowest BCUT2D eigenvalue weighted by atomic mass is 9.90. The van der Waals surface area contributed by atoms with E-state index in [0.717, 1.165) is 29.4 Å². The Hall–Kier alpha value is -3.89. The lowest BCUT2D eigenvalue weighted by Crippen LogP contribution is -2.47. The number of benzene rings is 1. The molecule has 2 N–H and O–H groups in total. The molecular formula is C30H37F2N5O4. The maximum atomic E-state index is 13.6. The van der Waals surface area contributed by atoms with Crippen LogP contribution in [-0.4, -0.2) is 70.5 Å². The molecule has 9 nitrogen and oxygen atoms in total. The number of aryl methyl sites for hydroxylation is 1. The summed E-state index contributed by atoms with van der Waals surface area (Å²) in [4.78, 5) is 44.6. The van der Waals surface area contributed by atoms with E-state index >= 15 is 0 Å². The van der Waals surface area contributed by atoms with Crippen LogP contribution in [0.4, 0.5) is 13.6 Å². The second-order valence-electron chi connectivity index (χ2n) is 11.2. The summed E-state index contributed by atoms with van der Waals surface area (Å²) in [5.41, 5.74) is 3.02. The predicted octanol–water partition coefficient (Wildman–Crippen LogP) is 4.62. The highest BCUT2D eigenvalue weighted by Gasteiger charge is 2.42. The van der Waals surface area contributed by atoms with Crippen molar-refractivity contribution >= 4 is 22.8 Å².